The van der Waals surface area contributed by atoms with Gasteiger partial charge in [-0.2, -0.15) is 28.1 Å². The van der Waals surface area contributed by atoms with Crippen molar-refractivity contribution in [3.63, 3.8) is 0 Å². The summed E-state index contributed by atoms with van der Waals surface area (Å²) in [7, 11) is 1.75. The monoisotopic (exact) mass is 517 g/mol. The highest BCUT2D eigenvalue weighted by atomic mass is 19.4. The van der Waals surface area contributed by atoms with Crippen LogP contribution in [0.5, 0.6) is 5.88 Å². The standard InChI is InChI=1S/C22H22F3N9O3/c1-13(34(2)15-6-4-3-5-7-15)30-21(27)31-17(26)18-32-20(37-33-18)19(35)29-11-14-8-9-16(28-10-14)36-12-22(23,24)25/h3-10H,1,11-12H2,2H3,(H,29,35)(H4,26,27,30,31). The third-order valence-corrected chi connectivity index (χ3v) is 4.49. The lowest BCUT2D eigenvalue weighted by molar-refractivity contribution is -0.154. The van der Waals surface area contributed by atoms with E-state index >= 15 is 0 Å². The van der Waals surface area contributed by atoms with Gasteiger partial charge < -0.3 is 30.9 Å². The summed E-state index contributed by atoms with van der Waals surface area (Å²) in [6.07, 6.45) is -3.22. The van der Waals surface area contributed by atoms with Crippen LogP contribution in [0.2, 0.25) is 0 Å². The number of amidine groups is 1. The lowest BCUT2D eigenvalue weighted by Crippen LogP contribution is -2.24. The molecule has 0 radical (unpaired) electrons. The van der Waals surface area contributed by atoms with E-state index in [-0.39, 0.29) is 30.0 Å². The van der Waals surface area contributed by atoms with E-state index in [9.17, 15) is 18.0 Å². The molecule has 0 aliphatic rings. The number of nitrogens with zero attached hydrogens (tertiary/aromatic N) is 6. The zero-order valence-corrected chi connectivity index (χ0v) is 19.4. The number of ether oxygens (including phenoxy) is 1. The van der Waals surface area contributed by atoms with Crippen LogP contribution in [0.1, 0.15) is 22.1 Å². The van der Waals surface area contributed by atoms with E-state index in [2.05, 4.69) is 41.7 Å². The number of amides is 1. The van der Waals surface area contributed by atoms with Crippen molar-refractivity contribution >= 4 is 23.4 Å². The molecule has 0 bridgehead atoms. The van der Waals surface area contributed by atoms with E-state index in [1.807, 2.05) is 30.3 Å². The van der Waals surface area contributed by atoms with E-state index in [0.717, 1.165) is 5.69 Å². The second-order valence-electron chi connectivity index (χ2n) is 7.29. The van der Waals surface area contributed by atoms with Gasteiger partial charge in [0.05, 0.1) is 0 Å². The molecule has 0 spiro atoms. The Labute approximate surface area is 208 Å². The number of para-hydroxylation sites is 1. The molecule has 0 aliphatic carbocycles. The van der Waals surface area contributed by atoms with Gasteiger partial charge in [0, 0.05) is 31.5 Å². The van der Waals surface area contributed by atoms with Crippen molar-refractivity contribution < 1.29 is 27.2 Å². The van der Waals surface area contributed by atoms with E-state index in [1.165, 1.54) is 18.3 Å². The van der Waals surface area contributed by atoms with E-state index in [1.54, 1.807) is 11.9 Å². The van der Waals surface area contributed by atoms with Gasteiger partial charge in [0.2, 0.25) is 17.7 Å². The van der Waals surface area contributed by atoms with Crippen molar-refractivity contribution in [1.82, 2.24) is 20.4 Å². The van der Waals surface area contributed by atoms with Gasteiger partial charge in [-0.05, 0) is 17.7 Å². The van der Waals surface area contributed by atoms with Crippen molar-refractivity contribution in [2.24, 2.45) is 21.5 Å². The highest BCUT2D eigenvalue weighted by Crippen LogP contribution is 2.17. The number of aliphatic imine (C=N–C) groups is 2. The number of nitrogens with two attached hydrogens (primary N) is 2. The molecule has 15 heteroatoms. The van der Waals surface area contributed by atoms with Crippen LogP contribution >= 0.6 is 0 Å². The van der Waals surface area contributed by atoms with Crippen LogP contribution in [0, 0.1) is 0 Å². The number of halogens is 3. The molecule has 0 aliphatic heterocycles. The molecule has 194 valence electrons. The predicted molar refractivity (Wildman–Crippen MR) is 128 cm³/mol. The summed E-state index contributed by atoms with van der Waals surface area (Å²) in [5.41, 5.74) is 13.0. The fourth-order valence-electron chi connectivity index (χ4n) is 2.64. The highest BCUT2D eigenvalue weighted by molar-refractivity contribution is 6.02. The molecule has 0 atom stereocenters. The summed E-state index contributed by atoms with van der Waals surface area (Å²) in [4.78, 5) is 29.6. The summed E-state index contributed by atoms with van der Waals surface area (Å²) in [5, 5.41) is 6.09. The number of guanidine groups is 1. The molecule has 3 aromatic rings. The molecule has 0 unspecified atom stereocenters. The van der Waals surface area contributed by atoms with Gasteiger partial charge in [-0.3, -0.25) is 4.79 Å². The Kier molecular flexibility index (Phi) is 8.39. The zero-order chi connectivity index (χ0) is 27.0. The Balaban J connectivity index is 1.56. The van der Waals surface area contributed by atoms with Gasteiger partial charge in [0.1, 0.15) is 5.82 Å². The number of alkyl halides is 3. The molecule has 0 fully saturated rings. The molecular weight excluding hydrogens is 495 g/mol. The Morgan fingerprint density at radius 1 is 1.19 bits per heavy atom. The summed E-state index contributed by atoms with van der Waals surface area (Å²) in [5.74, 6) is -1.73. The minimum absolute atomic E-state index is 0.0245. The molecule has 3 rings (SSSR count). The average Bonchev–Trinajstić information content (AvgIpc) is 3.37. The maximum atomic E-state index is 12.3. The van der Waals surface area contributed by atoms with Crippen LogP contribution in [0.4, 0.5) is 18.9 Å². The molecular formula is C22H22F3N9O3. The fraction of sp³-hybridized carbons (Fsp3) is 0.182. The second kappa shape index (κ2) is 11.7. The van der Waals surface area contributed by atoms with Crippen LogP contribution in [0.3, 0.4) is 0 Å². The van der Waals surface area contributed by atoms with Gasteiger partial charge in [-0.1, -0.05) is 36.0 Å². The molecule has 0 saturated heterocycles. The SMILES string of the molecule is C=C(/N=C(N)\N=C(/N)c1noc(C(=O)NCc2ccc(OCC(F)(F)F)nc2)n1)N(C)c1ccccc1. The zero-order valence-electron chi connectivity index (χ0n) is 19.4. The minimum Gasteiger partial charge on any atom is -0.468 e. The Hall–Kier alpha value is -4.95. The largest absolute Gasteiger partial charge is 0.468 e. The number of pyridine rings is 1. The predicted octanol–water partition coefficient (Wildman–Crippen LogP) is 1.96. The van der Waals surface area contributed by atoms with Gasteiger partial charge >= 0.3 is 18.0 Å². The molecule has 1 aromatic carbocycles. The van der Waals surface area contributed by atoms with Crippen molar-refractivity contribution in [2.75, 3.05) is 18.6 Å². The van der Waals surface area contributed by atoms with Crippen LogP contribution in [0.25, 0.3) is 0 Å². The van der Waals surface area contributed by atoms with Crippen molar-refractivity contribution in [3.05, 3.63) is 78.3 Å². The average molecular weight is 517 g/mol. The second-order valence-corrected chi connectivity index (χ2v) is 7.29. The summed E-state index contributed by atoms with van der Waals surface area (Å²) < 4.78 is 46.0. The number of aromatic nitrogens is 3. The number of anilines is 1. The third kappa shape index (κ3) is 8.05. The maximum Gasteiger partial charge on any atom is 0.422 e. The van der Waals surface area contributed by atoms with Gasteiger partial charge in [-0.25, -0.2) is 4.98 Å². The van der Waals surface area contributed by atoms with Gasteiger partial charge in [-0.15, -0.1) is 0 Å². The first-order chi connectivity index (χ1) is 17.5. The normalized spacial score (nSPS) is 12.2. The molecule has 12 nitrogen and oxygen atoms in total. The maximum absolute atomic E-state index is 12.3. The smallest absolute Gasteiger partial charge is 0.422 e. The van der Waals surface area contributed by atoms with Crippen LogP contribution in [-0.4, -0.2) is 52.7 Å². The first kappa shape index (κ1) is 26.7. The fourth-order valence-corrected chi connectivity index (χ4v) is 2.64. The molecule has 2 heterocycles. The van der Waals surface area contributed by atoms with Crippen molar-refractivity contribution in [1.29, 1.82) is 0 Å². The van der Waals surface area contributed by atoms with E-state index in [4.69, 9.17) is 16.0 Å². The first-order valence-electron chi connectivity index (χ1n) is 10.4. The highest BCUT2D eigenvalue weighted by Gasteiger charge is 2.28. The molecule has 2 aromatic heterocycles. The number of hydrogen-bond donors (Lipinski definition) is 3. The van der Waals surface area contributed by atoms with E-state index < -0.39 is 24.6 Å². The minimum atomic E-state index is -4.47. The number of carbonyl (C=O) groups is 1. The number of benzene rings is 1. The summed E-state index contributed by atoms with van der Waals surface area (Å²) >= 11 is 0. The van der Waals surface area contributed by atoms with Crippen LogP contribution in [0.15, 0.2) is 75.6 Å². The molecule has 0 saturated carbocycles. The lowest BCUT2D eigenvalue weighted by atomic mass is 10.3. The van der Waals surface area contributed by atoms with Crippen molar-refractivity contribution in [3.8, 4) is 5.88 Å². The number of carbonyl (C=O) groups excluding carboxylic acids is 1. The van der Waals surface area contributed by atoms with Crippen molar-refractivity contribution in [2.45, 2.75) is 12.7 Å². The van der Waals surface area contributed by atoms with Gasteiger partial charge in [0.15, 0.2) is 12.4 Å². The third-order valence-electron chi connectivity index (χ3n) is 4.49. The summed E-state index contributed by atoms with van der Waals surface area (Å²) in [6, 6.07) is 12.0. The number of nitrogens with one attached hydrogen (secondary N) is 1. The Morgan fingerprint density at radius 2 is 1.92 bits per heavy atom. The van der Waals surface area contributed by atoms with Crippen LogP contribution < -0.4 is 26.4 Å². The molecule has 37 heavy (non-hydrogen) atoms. The van der Waals surface area contributed by atoms with E-state index in [0.29, 0.717) is 11.4 Å². The Morgan fingerprint density at radius 3 is 2.57 bits per heavy atom. The first-order valence-corrected chi connectivity index (χ1v) is 10.4. The lowest BCUT2D eigenvalue weighted by Gasteiger charge is -2.18. The quantitative estimate of drug-likeness (QED) is 0.284. The molecule has 5 N–H and O–H groups in total. The summed E-state index contributed by atoms with van der Waals surface area (Å²) in [6.45, 7) is 2.35. The van der Waals surface area contributed by atoms with Gasteiger partial charge in [0.25, 0.3) is 0 Å². The number of rotatable bonds is 9. The number of hydrogen-bond acceptors (Lipinski definition) is 8. The molecule has 1 amide bonds. The Bertz CT molecular complexity index is 1290. The topological polar surface area (TPSA) is 170 Å². The van der Waals surface area contributed by atoms with Crippen LogP contribution in [-0.2, 0) is 6.54 Å².